The summed E-state index contributed by atoms with van der Waals surface area (Å²) in [5.74, 6) is -1.92. The molecule has 0 spiro atoms. The van der Waals surface area contributed by atoms with E-state index in [-0.39, 0.29) is 34.4 Å². The first-order valence-electron chi connectivity index (χ1n) is 11.6. The summed E-state index contributed by atoms with van der Waals surface area (Å²) >= 11 is 6.82. The summed E-state index contributed by atoms with van der Waals surface area (Å²) in [4.78, 5) is 30.6. The number of halogens is 2. The molecule has 2 aromatic carbocycles. The largest absolute Gasteiger partial charge is 0.493 e. The number of nitrogens with zero attached hydrogens (tertiary/aromatic N) is 2. The average Bonchev–Trinajstić information content (AvgIpc) is 3.70. The predicted molar refractivity (Wildman–Crippen MR) is 130 cm³/mol. The zero-order valence-corrected chi connectivity index (χ0v) is 20.3. The third kappa shape index (κ3) is 3.68. The number of aliphatic carboxylic acids is 1. The molecule has 3 aliphatic rings. The third-order valence-electron chi connectivity index (χ3n) is 7.16. The van der Waals surface area contributed by atoms with Crippen LogP contribution < -0.4 is 24.6 Å². The number of carboxylic acid groups (broad SMARTS) is 1. The van der Waals surface area contributed by atoms with Crippen molar-refractivity contribution in [2.24, 2.45) is 0 Å². The minimum Gasteiger partial charge on any atom is -0.493 e. The monoisotopic (exact) mass is 503 g/mol. The number of hydrogen-bond acceptors (Lipinski definition) is 7. The number of nitrogens with one attached hydrogen (secondary N) is 1. The molecular weight excluding hydrogens is 477 g/mol. The molecular formula is C25H27ClFN3O5. The Morgan fingerprint density at radius 3 is 2.43 bits per heavy atom. The van der Waals surface area contributed by atoms with Crippen LogP contribution in [0.3, 0.4) is 0 Å². The topological polar surface area (TPSA) is 91.3 Å². The molecule has 1 saturated carbocycles. The van der Waals surface area contributed by atoms with Gasteiger partial charge in [-0.1, -0.05) is 17.7 Å². The Morgan fingerprint density at radius 1 is 1.14 bits per heavy atom. The van der Waals surface area contributed by atoms with Crippen LogP contribution in [-0.2, 0) is 10.2 Å². The van der Waals surface area contributed by atoms with Crippen LogP contribution in [0.1, 0.15) is 28.8 Å². The summed E-state index contributed by atoms with van der Waals surface area (Å²) < 4.78 is 26.2. The molecule has 8 nitrogen and oxygen atoms in total. The SMILES string of the molecule is COc1ccc(C2(C(=O)O)CN(C3CC3)c3c(cc(F)c(N4CCNCC4)c3Cl)C2=O)cc1OC. The number of carbonyl (C=O) groups is 2. The van der Waals surface area contributed by atoms with E-state index in [1.807, 2.05) is 9.80 Å². The predicted octanol–water partition coefficient (Wildman–Crippen LogP) is 3.09. The lowest BCUT2D eigenvalue weighted by atomic mass is 9.71. The van der Waals surface area contributed by atoms with Crippen LogP contribution in [0.25, 0.3) is 0 Å². The van der Waals surface area contributed by atoms with Gasteiger partial charge in [-0.15, -0.1) is 0 Å². The van der Waals surface area contributed by atoms with Crippen molar-refractivity contribution in [2.75, 3.05) is 56.7 Å². The highest BCUT2D eigenvalue weighted by molar-refractivity contribution is 6.38. The zero-order chi connectivity index (χ0) is 24.9. The number of ether oxygens (including phenoxy) is 2. The van der Waals surface area contributed by atoms with Crippen LogP contribution in [0.15, 0.2) is 24.3 Å². The molecule has 2 aliphatic heterocycles. The number of ketones is 1. The molecule has 5 rings (SSSR count). The average molecular weight is 504 g/mol. The number of Topliss-reactive ketones (excluding diaryl/α,β-unsaturated/α-hetero) is 1. The van der Waals surface area contributed by atoms with E-state index < -0.39 is 23.0 Å². The third-order valence-corrected chi connectivity index (χ3v) is 7.52. The molecule has 0 bridgehead atoms. The molecule has 186 valence electrons. The van der Waals surface area contributed by atoms with Crippen molar-refractivity contribution in [3.05, 3.63) is 46.2 Å². The number of rotatable bonds is 6. The fourth-order valence-corrected chi connectivity index (χ4v) is 5.60. The summed E-state index contributed by atoms with van der Waals surface area (Å²) in [7, 11) is 2.92. The van der Waals surface area contributed by atoms with Gasteiger partial charge in [-0.3, -0.25) is 9.59 Å². The Balaban J connectivity index is 1.70. The minimum atomic E-state index is -1.96. The van der Waals surface area contributed by atoms with E-state index in [9.17, 15) is 14.7 Å². The second-order valence-corrected chi connectivity index (χ2v) is 9.50. The molecule has 2 N–H and O–H groups in total. The number of piperazine rings is 1. The minimum absolute atomic E-state index is 0.0123. The molecule has 10 heteroatoms. The fraction of sp³-hybridized carbons (Fsp3) is 0.440. The van der Waals surface area contributed by atoms with Gasteiger partial charge in [0.1, 0.15) is 5.82 Å². The first kappa shape index (κ1) is 23.7. The van der Waals surface area contributed by atoms with E-state index >= 15 is 4.39 Å². The van der Waals surface area contributed by atoms with E-state index in [0.717, 1.165) is 18.9 Å². The molecule has 2 heterocycles. The normalized spacial score (nSPS) is 22.1. The van der Waals surface area contributed by atoms with Crippen LogP contribution in [0, 0.1) is 5.82 Å². The quantitative estimate of drug-likeness (QED) is 0.581. The highest BCUT2D eigenvalue weighted by Crippen LogP contribution is 2.51. The first-order valence-corrected chi connectivity index (χ1v) is 12.0. The van der Waals surface area contributed by atoms with Gasteiger partial charge in [-0.25, -0.2) is 4.39 Å². The van der Waals surface area contributed by atoms with Gasteiger partial charge in [0.15, 0.2) is 22.7 Å². The second kappa shape index (κ2) is 8.87. The molecule has 0 radical (unpaired) electrons. The van der Waals surface area contributed by atoms with E-state index in [1.165, 1.54) is 20.3 Å². The fourth-order valence-electron chi connectivity index (χ4n) is 5.18. The van der Waals surface area contributed by atoms with E-state index in [0.29, 0.717) is 43.4 Å². The highest BCUT2D eigenvalue weighted by Gasteiger charge is 2.56. The van der Waals surface area contributed by atoms with Gasteiger partial charge in [0.2, 0.25) is 0 Å². The standard InChI is InChI=1S/C25H27ClFN3O5/c1-34-18-6-3-14(11-19(18)35-2)25(24(32)33)13-30(15-4-5-15)21-16(23(25)31)12-17(27)22(20(21)26)29-9-7-28-8-10-29/h3,6,11-12,15,28H,4-5,7-10,13H2,1-2H3,(H,32,33). The van der Waals surface area contributed by atoms with Crippen LogP contribution in [-0.4, -0.2) is 69.8 Å². The van der Waals surface area contributed by atoms with Gasteiger partial charge < -0.3 is 29.7 Å². The number of benzene rings is 2. The highest BCUT2D eigenvalue weighted by atomic mass is 35.5. The summed E-state index contributed by atoms with van der Waals surface area (Å²) in [6.45, 7) is 2.44. The Kier molecular flexibility index (Phi) is 6.01. The molecule has 0 aromatic heterocycles. The molecule has 2 fully saturated rings. The van der Waals surface area contributed by atoms with Crippen molar-refractivity contribution in [2.45, 2.75) is 24.3 Å². The molecule has 1 aliphatic carbocycles. The number of methoxy groups -OCH3 is 2. The van der Waals surface area contributed by atoms with Crippen LogP contribution in [0.4, 0.5) is 15.8 Å². The van der Waals surface area contributed by atoms with Gasteiger partial charge >= 0.3 is 5.97 Å². The van der Waals surface area contributed by atoms with Gasteiger partial charge in [-0.05, 0) is 36.6 Å². The van der Waals surface area contributed by atoms with Crippen molar-refractivity contribution in [3.63, 3.8) is 0 Å². The van der Waals surface area contributed by atoms with Gasteiger partial charge in [0.25, 0.3) is 0 Å². The number of carbonyl (C=O) groups excluding carboxylic acids is 1. The number of hydrogen-bond donors (Lipinski definition) is 2. The number of fused-ring (bicyclic) bond motifs is 1. The van der Waals surface area contributed by atoms with Crippen LogP contribution >= 0.6 is 11.6 Å². The zero-order valence-electron chi connectivity index (χ0n) is 19.6. The number of carboxylic acids is 1. The van der Waals surface area contributed by atoms with Crippen molar-refractivity contribution in [1.82, 2.24) is 5.32 Å². The lowest BCUT2D eigenvalue weighted by Crippen LogP contribution is -2.56. The Morgan fingerprint density at radius 2 is 1.83 bits per heavy atom. The lowest BCUT2D eigenvalue weighted by molar-refractivity contribution is -0.141. The van der Waals surface area contributed by atoms with Gasteiger partial charge in [0, 0.05) is 44.3 Å². The lowest BCUT2D eigenvalue weighted by Gasteiger charge is -2.43. The molecule has 2 aromatic rings. The van der Waals surface area contributed by atoms with E-state index in [1.54, 1.807) is 12.1 Å². The molecule has 1 saturated heterocycles. The summed E-state index contributed by atoms with van der Waals surface area (Å²) in [5.41, 5.74) is -1.04. The second-order valence-electron chi connectivity index (χ2n) is 9.12. The Labute approximate surface area is 207 Å². The van der Waals surface area contributed by atoms with Crippen LogP contribution in [0.2, 0.25) is 5.02 Å². The molecule has 35 heavy (non-hydrogen) atoms. The van der Waals surface area contributed by atoms with Crippen molar-refractivity contribution >= 4 is 34.7 Å². The maximum Gasteiger partial charge on any atom is 0.323 e. The van der Waals surface area contributed by atoms with E-state index in [4.69, 9.17) is 21.1 Å². The maximum absolute atomic E-state index is 15.5. The van der Waals surface area contributed by atoms with Gasteiger partial charge in [0.05, 0.1) is 30.6 Å². The van der Waals surface area contributed by atoms with Crippen molar-refractivity contribution in [3.8, 4) is 11.5 Å². The molecule has 0 amide bonds. The first-order chi connectivity index (χ1) is 16.8. The molecule has 1 atom stereocenters. The smallest absolute Gasteiger partial charge is 0.323 e. The van der Waals surface area contributed by atoms with Crippen molar-refractivity contribution in [1.29, 1.82) is 0 Å². The maximum atomic E-state index is 15.5. The van der Waals surface area contributed by atoms with Crippen molar-refractivity contribution < 1.29 is 28.6 Å². The van der Waals surface area contributed by atoms with Crippen LogP contribution in [0.5, 0.6) is 11.5 Å². The summed E-state index contributed by atoms with van der Waals surface area (Å²) in [5, 5.41) is 13.9. The Bertz CT molecular complexity index is 1200. The van der Waals surface area contributed by atoms with Gasteiger partial charge in [-0.2, -0.15) is 0 Å². The number of anilines is 2. The molecule has 1 unspecified atom stereocenters. The Hall–Kier alpha value is -3.04. The summed E-state index contributed by atoms with van der Waals surface area (Å²) in [6, 6.07) is 5.82. The van der Waals surface area contributed by atoms with E-state index in [2.05, 4.69) is 5.32 Å². The summed E-state index contributed by atoms with van der Waals surface area (Å²) in [6.07, 6.45) is 1.68.